The minimum atomic E-state index is 0.534. The molecule has 0 bridgehead atoms. The fourth-order valence-electron chi connectivity index (χ4n) is 1.06. The monoisotopic (exact) mass is 233 g/mol. The van der Waals surface area contributed by atoms with Gasteiger partial charge in [-0.05, 0) is 30.8 Å². The highest BCUT2D eigenvalue weighted by Crippen LogP contribution is 1.99. The summed E-state index contributed by atoms with van der Waals surface area (Å²) in [6.45, 7) is 2.77. The maximum atomic E-state index is 4.94. The molecule has 3 nitrogen and oxygen atoms in total. The van der Waals surface area contributed by atoms with Crippen molar-refractivity contribution < 1.29 is 0 Å². The number of nitrogens with zero attached hydrogens (tertiary/aromatic N) is 1. The molecular formula is C12H15N3S. The smallest absolute Gasteiger partial charge is 0.186 e. The Labute approximate surface area is 101 Å². The number of hydrogen-bond donors (Lipinski definition) is 2. The van der Waals surface area contributed by atoms with E-state index in [9.17, 15) is 0 Å². The Kier molecular flexibility index (Phi) is 5.88. The molecule has 0 amide bonds. The molecule has 0 aliphatic rings. The lowest BCUT2D eigenvalue weighted by Gasteiger charge is -2.01. The van der Waals surface area contributed by atoms with Gasteiger partial charge in [0.15, 0.2) is 5.11 Å². The van der Waals surface area contributed by atoms with Gasteiger partial charge in [0.1, 0.15) is 0 Å². The zero-order valence-corrected chi connectivity index (χ0v) is 10.00. The van der Waals surface area contributed by atoms with Crippen LogP contribution < -0.4 is 10.7 Å². The van der Waals surface area contributed by atoms with Crippen LogP contribution in [0.25, 0.3) is 6.08 Å². The lowest BCUT2D eigenvalue weighted by Crippen LogP contribution is -2.31. The second kappa shape index (κ2) is 7.59. The van der Waals surface area contributed by atoms with Crippen molar-refractivity contribution in [2.75, 3.05) is 6.54 Å². The van der Waals surface area contributed by atoms with Gasteiger partial charge in [-0.25, -0.2) is 0 Å². The van der Waals surface area contributed by atoms with Crippen LogP contribution in [-0.4, -0.2) is 17.9 Å². The molecule has 0 saturated carbocycles. The Balaban J connectivity index is 2.32. The molecule has 1 rings (SSSR count). The van der Waals surface area contributed by atoms with Crippen LogP contribution in [-0.2, 0) is 0 Å². The summed E-state index contributed by atoms with van der Waals surface area (Å²) in [4.78, 5) is 0. The number of hydrogen-bond acceptors (Lipinski definition) is 2. The highest BCUT2D eigenvalue weighted by Gasteiger charge is 1.85. The summed E-state index contributed by atoms with van der Waals surface area (Å²) >= 11 is 4.94. The van der Waals surface area contributed by atoms with E-state index >= 15 is 0 Å². The number of hydrazone groups is 1. The van der Waals surface area contributed by atoms with Gasteiger partial charge in [0, 0.05) is 12.8 Å². The SMILES string of the molecule is CCNC(=S)NN=CC=Cc1ccccc1. The van der Waals surface area contributed by atoms with Gasteiger partial charge in [-0.15, -0.1) is 0 Å². The van der Waals surface area contributed by atoms with E-state index in [0.717, 1.165) is 12.1 Å². The fraction of sp³-hybridized carbons (Fsp3) is 0.167. The lowest BCUT2D eigenvalue weighted by atomic mass is 10.2. The van der Waals surface area contributed by atoms with Crippen LogP contribution in [0.4, 0.5) is 0 Å². The maximum absolute atomic E-state index is 4.94. The number of rotatable bonds is 4. The molecule has 0 unspecified atom stereocenters. The molecule has 0 radical (unpaired) electrons. The second-order valence-corrected chi connectivity index (χ2v) is 3.43. The molecule has 2 N–H and O–H groups in total. The van der Waals surface area contributed by atoms with Crippen molar-refractivity contribution in [3.05, 3.63) is 42.0 Å². The zero-order chi connectivity index (χ0) is 11.6. The maximum Gasteiger partial charge on any atom is 0.186 e. The summed E-state index contributed by atoms with van der Waals surface area (Å²) in [5.74, 6) is 0. The van der Waals surface area contributed by atoms with Gasteiger partial charge in [-0.2, -0.15) is 5.10 Å². The number of allylic oxidation sites excluding steroid dienone is 1. The van der Waals surface area contributed by atoms with Crippen LogP contribution in [0.5, 0.6) is 0 Å². The molecule has 0 aliphatic carbocycles. The van der Waals surface area contributed by atoms with Crippen molar-refractivity contribution in [1.82, 2.24) is 10.7 Å². The first-order chi connectivity index (χ1) is 7.83. The highest BCUT2D eigenvalue weighted by atomic mass is 32.1. The van der Waals surface area contributed by atoms with Crippen molar-refractivity contribution in [1.29, 1.82) is 0 Å². The summed E-state index contributed by atoms with van der Waals surface area (Å²) in [6, 6.07) is 10.0. The fourth-order valence-corrected chi connectivity index (χ4v) is 1.25. The lowest BCUT2D eigenvalue weighted by molar-refractivity contribution is 0.904. The number of benzene rings is 1. The summed E-state index contributed by atoms with van der Waals surface area (Å²) < 4.78 is 0. The normalized spacial score (nSPS) is 10.8. The van der Waals surface area contributed by atoms with Crippen LogP contribution >= 0.6 is 12.2 Å². The van der Waals surface area contributed by atoms with Gasteiger partial charge in [0.25, 0.3) is 0 Å². The predicted molar refractivity (Wildman–Crippen MR) is 73.4 cm³/mol. The molecule has 0 heterocycles. The minimum absolute atomic E-state index is 0.534. The van der Waals surface area contributed by atoms with E-state index < -0.39 is 0 Å². The van der Waals surface area contributed by atoms with Crippen LogP contribution in [0, 0.1) is 0 Å². The molecule has 0 saturated heterocycles. The largest absolute Gasteiger partial charge is 0.362 e. The van der Waals surface area contributed by atoms with Crippen molar-refractivity contribution in [2.45, 2.75) is 6.92 Å². The average Bonchev–Trinajstić information content (AvgIpc) is 2.30. The van der Waals surface area contributed by atoms with E-state index in [4.69, 9.17) is 12.2 Å². The zero-order valence-electron chi connectivity index (χ0n) is 9.18. The molecule has 0 atom stereocenters. The average molecular weight is 233 g/mol. The van der Waals surface area contributed by atoms with E-state index in [-0.39, 0.29) is 0 Å². The van der Waals surface area contributed by atoms with E-state index in [1.807, 2.05) is 49.4 Å². The molecule has 0 fully saturated rings. The highest BCUT2D eigenvalue weighted by molar-refractivity contribution is 7.80. The first kappa shape index (κ1) is 12.4. The Morgan fingerprint density at radius 2 is 2.12 bits per heavy atom. The molecule has 0 aromatic heterocycles. The molecule has 0 spiro atoms. The van der Waals surface area contributed by atoms with E-state index in [2.05, 4.69) is 15.8 Å². The summed E-state index contributed by atoms with van der Waals surface area (Å²) in [7, 11) is 0. The predicted octanol–water partition coefficient (Wildman–Crippen LogP) is 2.17. The first-order valence-electron chi connectivity index (χ1n) is 5.11. The Hall–Kier alpha value is -1.68. The molecule has 1 aromatic rings. The quantitative estimate of drug-likeness (QED) is 0.475. The third-order valence-electron chi connectivity index (χ3n) is 1.75. The van der Waals surface area contributed by atoms with Gasteiger partial charge >= 0.3 is 0 Å². The van der Waals surface area contributed by atoms with E-state index in [0.29, 0.717) is 5.11 Å². The first-order valence-corrected chi connectivity index (χ1v) is 5.52. The third kappa shape index (κ3) is 5.26. The molecule has 84 valence electrons. The van der Waals surface area contributed by atoms with E-state index in [1.54, 1.807) is 6.21 Å². The van der Waals surface area contributed by atoms with Crippen molar-refractivity contribution in [2.24, 2.45) is 5.10 Å². The number of thiocarbonyl (C=S) groups is 1. The molecular weight excluding hydrogens is 218 g/mol. The van der Waals surface area contributed by atoms with Crippen molar-refractivity contribution in [3.63, 3.8) is 0 Å². The standard InChI is InChI=1S/C12H15N3S/c1-2-13-12(16)15-14-10-6-9-11-7-4-3-5-8-11/h3-10H,2H2,1H3,(H2,13,15,16). The van der Waals surface area contributed by atoms with Crippen molar-refractivity contribution >= 4 is 29.6 Å². The molecule has 16 heavy (non-hydrogen) atoms. The van der Waals surface area contributed by atoms with Gasteiger partial charge in [-0.3, -0.25) is 5.43 Å². The van der Waals surface area contributed by atoms with Crippen LogP contribution in [0.2, 0.25) is 0 Å². The van der Waals surface area contributed by atoms with Crippen molar-refractivity contribution in [3.8, 4) is 0 Å². The third-order valence-corrected chi connectivity index (χ3v) is 1.99. The Bertz CT molecular complexity index is 371. The van der Waals surface area contributed by atoms with Gasteiger partial charge in [0.05, 0.1) is 0 Å². The molecule has 4 heteroatoms. The molecule has 0 aliphatic heterocycles. The Morgan fingerprint density at radius 1 is 1.38 bits per heavy atom. The summed E-state index contributed by atoms with van der Waals surface area (Å²) in [6.07, 6.45) is 5.50. The van der Waals surface area contributed by atoms with Gasteiger partial charge in [0.2, 0.25) is 0 Å². The Morgan fingerprint density at radius 3 is 2.81 bits per heavy atom. The second-order valence-electron chi connectivity index (χ2n) is 3.02. The van der Waals surface area contributed by atoms with E-state index in [1.165, 1.54) is 0 Å². The molecule has 1 aromatic carbocycles. The minimum Gasteiger partial charge on any atom is -0.362 e. The van der Waals surface area contributed by atoms with Crippen LogP contribution in [0.1, 0.15) is 12.5 Å². The van der Waals surface area contributed by atoms with Gasteiger partial charge < -0.3 is 5.32 Å². The summed E-state index contributed by atoms with van der Waals surface area (Å²) in [5.41, 5.74) is 3.85. The van der Waals surface area contributed by atoms with Gasteiger partial charge in [-0.1, -0.05) is 36.4 Å². The van der Waals surface area contributed by atoms with Crippen LogP contribution in [0.3, 0.4) is 0 Å². The van der Waals surface area contributed by atoms with Crippen LogP contribution in [0.15, 0.2) is 41.5 Å². The number of nitrogens with one attached hydrogen (secondary N) is 2. The summed E-state index contributed by atoms with van der Waals surface area (Å²) in [5, 5.41) is 7.41. The topological polar surface area (TPSA) is 36.4 Å².